The van der Waals surface area contributed by atoms with E-state index < -0.39 is 0 Å². The van der Waals surface area contributed by atoms with Crippen molar-refractivity contribution in [2.75, 3.05) is 6.54 Å². The van der Waals surface area contributed by atoms with Crippen molar-refractivity contribution in [2.24, 2.45) is 0 Å². The van der Waals surface area contributed by atoms with Crippen LogP contribution in [0, 0.1) is 0 Å². The van der Waals surface area contributed by atoms with Crippen LogP contribution in [0.4, 0.5) is 0 Å². The van der Waals surface area contributed by atoms with Crippen LogP contribution in [0.25, 0.3) is 0 Å². The van der Waals surface area contributed by atoms with Gasteiger partial charge in [0.2, 0.25) is 0 Å². The second-order valence-electron chi connectivity index (χ2n) is 4.05. The van der Waals surface area contributed by atoms with Gasteiger partial charge in [0.15, 0.2) is 0 Å². The summed E-state index contributed by atoms with van der Waals surface area (Å²) >= 11 is 12.3. The fourth-order valence-corrected chi connectivity index (χ4v) is 2.62. The lowest BCUT2D eigenvalue weighted by Crippen LogP contribution is -2.35. The Morgan fingerprint density at radius 2 is 1.93 bits per heavy atom. The molecule has 0 spiro atoms. The minimum Gasteiger partial charge on any atom is -0.314 e. The van der Waals surface area contributed by atoms with E-state index in [1.165, 1.54) is 19.3 Å². The highest BCUT2D eigenvalue weighted by atomic mass is 35.5. The average molecular weight is 244 g/mol. The third kappa shape index (κ3) is 2.87. The fourth-order valence-electron chi connectivity index (χ4n) is 2.07. The quantitative estimate of drug-likeness (QED) is 0.836. The van der Waals surface area contributed by atoms with Crippen molar-refractivity contribution in [3.8, 4) is 0 Å². The van der Waals surface area contributed by atoms with Gasteiger partial charge in [0.25, 0.3) is 0 Å². The zero-order valence-corrected chi connectivity index (χ0v) is 10.1. The molecular weight excluding hydrogens is 229 g/mol. The second kappa shape index (κ2) is 5.20. The minimum absolute atomic E-state index is 0.538. The van der Waals surface area contributed by atoms with Crippen molar-refractivity contribution in [2.45, 2.75) is 31.7 Å². The third-order valence-electron chi connectivity index (χ3n) is 2.92. The van der Waals surface area contributed by atoms with Gasteiger partial charge in [0, 0.05) is 16.1 Å². The largest absolute Gasteiger partial charge is 0.314 e. The maximum absolute atomic E-state index is 6.14. The summed E-state index contributed by atoms with van der Waals surface area (Å²) in [5.41, 5.74) is 1.08. The summed E-state index contributed by atoms with van der Waals surface area (Å²) in [5.74, 6) is 0. The molecule has 1 nitrogen and oxygen atoms in total. The molecule has 15 heavy (non-hydrogen) atoms. The topological polar surface area (TPSA) is 12.0 Å². The molecule has 0 saturated carbocycles. The molecule has 1 aromatic rings. The lowest BCUT2D eigenvalue weighted by atomic mass is 9.98. The SMILES string of the molecule is Clc1cccc(Cl)c1CC1CCCCN1. The van der Waals surface area contributed by atoms with Crippen LogP contribution >= 0.6 is 23.2 Å². The van der Waals surface area contributed by atoms with Gasteiger partial charge in [-0.3, -0.25) is 0 Å². The Balaban J connectivity index is 2.09. The Kier molecular flexibility index (Phi) is 3.90. The number of hydrogen-bond acceptors (Lipinski definition) is 1. The van der Waals surface area contributed by atoms with Crippen LogP contribution in [0.15, 0.2) is 18.2 Å². The van der Waals surface area contributed by atoms with E-state index in [0.29, 0.717) is 6.04 Å². The van der Waals surface area contributed by atoms with Crippen LogP contribution < -0.4 is 5.32 Å². The molecule has 0 radical (unpaired) electrons. The Hall–Kier alpha value is -0.240. The van der Waals surface area contributed by atoms with E-state index in [1.54, 1.807) is 0 Å². The van der Waals surface area contributed by atoms with Gasteiger partial charge < -0.3 is 5.32 Å². The zero-order valence-electron chi connectivity index (χ0n) is 8.60. The Labute approximate surface area is 101 Å². The van der Waals surface area contributed by atoms with Gasteiger partial charge in [-0.1, -0.05) is 35.7 Å². The first kappa shape index (κ1) is 11.3. The molecule has 1 fully saturated rings. The van der Waals surface area contributed by atoms with Crippen LogP contribution in [0.1, 0.15) is 24.8 Å². The smallest absolute Gasteiger partial charge is 0.0453 e. The lowest BCUT2D eigenvalue weighted by molar-refractivity contribution is 0.399. The van der Waals surface area contributed by atoms with E-state index in [-0.39, 0.29) is 0 Å². The maximum atomic E-state index is 6.14. The molecule has 1 atom stereocenters. The number of piperidine rings is 1. The first-order chi connectivity index (χ1) is 7.27. The van der Waals surface area contributed by atoms with E-state index in [0.717, 1.165) is 28.6 Å². The molecule has 1 heterocycles. The van der Waals surface area contributed by atoms with Gasteiger partial charge in [0.1, 0.15) is 0 Å². The van der Waals surface area contributed by atoms with Gasteiger partial charge in [-0.2, -0.15) is 0 Å². The molecule has 1 unspecified atom stereocenters. The van der Waals surface area contributed by atoms with Gasteiger partial charge in [-0.05, 0) is 43.5 Å². The van der Waals surface area contributed by atoms with Crippen molar-refractivity contribution in [3.63, 3.8) is 0 Å². The third-order valence-corrected chi connectivity index (χ3v) is 3.63. The Morgan fingerprint density at radius 1 is 1.20 bits per heavy atom. The predicted molar refractivity (Wildman–Crippen MR) is 65.8 cm³/mol. The average Bonchev–Trinajstić information content (AvgIpc) is 2.25. The summed E-state index contributed by atoms with van der Waals surface area (Å²) in [6.07, 6.45) is 4.76. The van der Waals surface area contributed by atoms with Crippen LogP contribution in [-0.4, -0.2) is 12.6 Å². The van der Waals surface area contributed by atoms with Crippen molar-refractivity contribution in [1.82, 2.24) is 5.32 Å². The van der Waals surface area contributed by atoms with Gasteiger partial charge in [0.05, 0.1) is 0 Å². The fraction of sp³-hybridized carbons (Fsp3) is 0.500. The highest BCUT2D eigenvalue weighted by molar-refractivity contribution is 6.35. The molecule has 0 aliphatic carbocycles. The van der Waals surface area contributed by atoms with Crippen molar-refractivity contribution in [3.05, 3.63) is 33.8 Å². The number of nitrogens with one attached hydrogen (secondary N) is 1. The lowest BCUT2D eigenvalue weighted by Gasteiger charge is -2.24. The van der Waals surface area contributed by atoms with Crippen molar-refractivity contribution >= 4 is 23.2 Å². The maximum Gasteiger partial charge on any atom is 0.0453 e. The molecule has 3 heteroatoms. The van der Waals surface area contributed by atoms with Crippen LogP contribution in [0.5, 0.6) is 0 Å². The summed E-state index contributed by atoms with van der Waals surface area (Å²) in [6, 6.07) is 6.25. The predicted octanol–water partition coefficient (Wildman–Crippen LogP) is 3.68. The molecule has 1 aliphatic rings. The second-order valence-corrected chi connectivity index (χ2v) is 4.87. The molecule has 1 aliphatic heterocycles. The summed E-state index contributed by atoms with van der Waals surface area (Å²) in [6.45, 7) is 1.12. The first-order valence-electron chi connectivity index (χ1n) is 5.43. The summed E-state index contributed by atoms with van der Waals surface area (Å²) in [5, 5.41) is 5.08. The molecule has 0 bridgehead atoms. The van der Waals surface area contributed by atoms with E-state index in [1.807, 2.05) is 18.2 Å². The monoisotopic (exact) mass is 243 g/mol. The molecule has 1 N–H and O–H groups in total. The summed E-state index contributed by atoms with van der Waals surface area (Å²) in [4.78, 5) is 0. The highest BCUT2D eigenvalue weighted by Crippen LogP contribution is 2.26. The zero-order chi connectivity index (χ0) is 10.7. The molecule has 0 aromatic heterocycles. The van der Waals surface area contributed by atoms with Crippen LogP contribution in [-0.2, 0) is 6.42 Å². The minimum atomic E-state index is 0.538. The van der Waals surface area contributed by atoms with Gasteiger partial charge in [-0.25, -0.2) is 0 Å². The van der Waals surface area contributed by atoms with Gasteiger partial charge in [-0.15, -0.1) is 0 Å². The van der Waals surface area contributed by atoms with Crippen LogP contribution in [0.3, 0.4) is 0 Å². The van der Waals surface area contributed by atoms with Crippen LogP contribution in [0.2, 0.25) is 10.0 Å². The van der Waals surface area contributed by atoms with E-state index >= 15 is 0 Å². The molecule has 82 valence electrons. The summed E-state index contributed by atoms with van der Waals surface area (Å²) < 4.78 is 0. The van der Waals surface area contributed by atoms with E-state index in [2.05, 4.69) is 5.32 Å². The number of benzene rings is 1. The molecule has 1 saturated heterocycles. The molecular formula is C12H15Cl2N. The summed E-state index contributed by atoms with van der Waals surface area (Å²) in [7, 11) is 0. The number of hydrogen-bond donors (Lipinski definition) is 1. The van der Waals surface area contributed by atoms with E-state index in [9.17, 15) is 0 Å². The molecule has 1 aromatic carbocycles. The van der Waals surface area contributed by atoms with Crippen molar-refractivity contribution in [1.29, 1.82) is 0 Å². The Morgan fingerprint density at radius 3 is 2.53 bits per heavy atom. The van der Waals surface area contributed by atoms with Crippen molar-refractivity contribution < 1.29 is 0 Å². The molecule has 2 rings (SSSR count). The normalized spacial score (nSPS) is 21.6. The molecule has 0 amide bonds. The highest BCUT2D eigenvalue weighted by Gasteiger charge is 2.16. The number of halogens is 2. The van der Waals surface area contributed by atoms with E-state index in [4.69, 9.17) is 23.2 Å². The first-order valence-corrected chi connectivity index (χ1v) is 6.19. The number of rotatable bonds is 2. The Bertz CT molecular complexity index is 312. The van der Waals surface area contributed by atoms with Gasteiger partial charge >= 0.3 is 0 Å². The standard InChI is InChI=1S/C12H15Cl2N/c13-11-5-3-6-12(14)10(11)8-9-4-1-2-7-15-9/h3,5-6,9,15H,1-2,4,7-8H2.